The van der Waals surface area contributed by atoms with Gasteiger partial charge in [0.2, 0.25) is 0 Å². The van der Waals surface area contributed by atoms with Crippen molar-refractivity contribution in [1.29, 1.82) is 0 Å². The zero-order chi connectivity index (χ0) is 12.0. The molecule has 0 bridgehead atoms. The van der Waals surface area contributed by atoms with Crippen LogP contribution in [-0.2, 0) is 6.54 Å². The molecule has 0 saturated heterocycles. The third-order valence-electron chi connectivity index (χ3n) is 2.21. The van der Waals surface area contributed by atoms with Crippen LogP contribution in [0.5, 0.6) is 0 Å². The van der Waals surface area contributed by atoms with Crippen LogP contribution in [-0.4, -0.2) is 23.5 Å². The van der Waals surface area contributed by atoms with E-state index < -0.39 is 0 Å². The Morgan fingerprint density at radius 2 is 2.25 bits per heavy atom. The van der Waals surface area contributed by atoms with Crippen LogP contribution in [0.25, 0.3) is 0 Å². The van der Waals surface area contributed by atoms with E-state index in [1.807, 2.05) is 19.1 Å². The maximum atomic E-state index is 9.06. The van der Waals surface area contributed by atoms with E-state index >= 15 is 0 Å². The minimum atomic E-state index is 0.178. The van der Waals surface area contributed by atoms with E-state index in [0.717, 1.165) is 28.6 Å². The number of nitrogens with one attached hydrogen (secondary N) is 1. The summed E-state index contributed by atoms with van der Waals surface area (Å²) in [7, 11) is 0. The topological polar surface area (TPSA) is 32.3 Å². The van der Waals surface area contributed by atoms with Crippen LogP contribution >= 0.6 is 23.4 Å². The molecule has 0 radical (unpaired) electrons. The summed E-state index contributed by atoms with van der Waals surface area (Å²) in [4.78, 5) is 1.15. The number of aliphatic hydroxyl groups is 1. The standard InChI is InChI=1S/C12H18ClNOS/c1-3-14-7-10-11(13)5-4-6-12(10)16-9(2)8-15/h4-6,9,14-15H,3,7-8H2,1-2H3. The Hall–Kier alpha value is -0.220. The summed E-state index contributed by atoms with van der Waals surface area (Å²) >= 11 is 7.84. The van der Waals surface area contributed by atoms with Crippen molar-refractivity contribution in [3.63, 3.8) is 0 Å². The summed E-state index contributed by atoms with van der Waals surface area (Å²) in [5, 5.41) is 13.3. The number of thioether (sulfide) groups is 1. The Balaban J connectivity index is 2.84. The number of hydrogen-bond acceptors (Lipinski definition) is 3. The lowest BCUT2D eigenvalue weighted by atomic mass is 10.2. The Labute approximate surface area is 106 Å². The van der Waals surface area contributed by atoms with Gasteiger partial charge in [-0.05, 0) is 24.2 Å². The molecule has 2 N–H and O–H groups in total. The smallest absolute Gasteiger partial charge is 0.0550 e. The highest BCUT2D eigenvalue weighted by atomic mass is 35.5. The van der Waals surface area contributed by atoms with E-state index in [2.05, 4.69) is 18.3 Å². The van der Waals surface area contributed by atoms with Crippen LogP contribution in [0.15, 0.2) is 23.1 Å². The molecule has 0 amide bonds. The highest BCUT2D eigenvalue weighted by Gasteiger charge is 2.10. The third-order valence-corrected chi connectivity index (χ3v) is 3.75. The molecule has 4 heteroatoms. The van der Waals surface area contributed by atoms with Crippen molar-refractivity contribution in [3.8, 4) is 0 Å². The number of hydrogen-bond donors (Lipinski definition) is 2. The number of halogens is 1. The molecule has 2 nitrogen and oxygen atoms in total. The Morgan fingerprint density at radius 1 is 1.50 bits per heavy atom. The van der Waals surface area contributed by atoms with Gasteiger partial charge in [0.1, 0.15) is 0 Å². The molecule has 1 atom stereocenters. The van der Waals surface area contributed by atoms with Gasteiger partial charge < -0.3 is 10.4 Å². The van der Waals surface area contributed by atoms with Gasteiger partial charge in [-0.2, -0.15) is 0 Å². The maximum absolute atomic E-state index is 9.06. The van der Waals surface area contributed by atoms with Crippen LogP contribution in [0.1, 0.15) is 19.4 Å². The van der Waals surface area contributed by atoms with Crippen molar-refractivity contribution >= 4 is 23.4 Å². The number of benzene rings is 1. The van der Waals surface area contributed by atoms with E-state index in [1.165, 1.54) is 0 Å². The summed E-state index contributed by atoms with van der Waals surface area (Å²) in [6, 6.07) is 5.90. The molecule has 1 aromatic carbocycles. The molecule has 0 heterocycles. The van der Waals surface area contributed by atoms with Crippen LogP contribution in [0.3, 0.4) is 0 Å². The molecule has 90 valence electrons. The molecule has 0 aliphatic carbocycles. The molecular formula is C12H18ClNOS. The van der Waals surface area contributed by atoms with Crippen molar-refractivity contribution in [1.82, 2.24) is 5.32 Å². The van der Waals surface area contributed by atoms with Crippen molar-refractivity contribution in [2.45, 2.75) is 30.5 Å². The Kier molecular flexibility index (Phi) is 6.21. The third kappa shape index (κ3) is 3.98. The average molecular weight is 260 g/mol. The predicted molar refractivity (Wildman–Crippen MR) is 71.2 cm³/mol. The predicted octanol–water partition coefficient (Wildman–Crippen LogP) is 2.92. The van der Waals surface area contributed by atoms with Crippen LogP contribution in [0.2, 0.25) is 5.02 Å². The van der Waals surface area contributed by atoms with E-state index in [-0.39, 0.29) is 11.9 Å². The molecule has 0 aliphatic heterocycles. The van der Waals surface area contributed by atoms with Gasteiger partial charge in [-0.15, -0.1) is 11.8 Å². The lowest BCUT2D eigenvalue weighted by Crippen LogP contribution is -2.13. The van der Waals surface area contributed by atoms with Crippen molar-refractivity contribution in [2.24, 2.45) is 0 Å². The molecule has 0 spiro atoms. The van der Waals surface area contributed by atoms with Crippen molar-refractivity contribution < 1.29 is 5.11 Å². The quantitative estimate of drug-likeness (QED) is 0.771. The van der Waals surface area contributed by atoms with Gasteiger partial charge in [-0.1, -0.05) is 31.5 Å². The lowest BCUT2D eigenvalue weighted by Gasteiger charge is -2.14. The minimum absolute atomic E-state index is 0.178. The summed E-state index contributed by atoms with van der Waals surface area (Å²) < 4.78 is 0. The van der Waals surface area contributed by atoms with Crippen LogP contribution < -0.4 is 5.32 Å². The Morgan fingerprint density at radius 3 is 2.88 bits per heavy atom. The molecule has 0 aromatic heterocycles. The fourth-order valence-corrected chi connectivity index (χ4v) is 2.61. The molecule has 1 rings (SSSR count). The molecule has 1 aromatic rings. The summed E-state index contributed by atoms with van der Waals surface area (Å²) in [5.41, 5.74) is 1.12. The Bertz CT molecular complexity index is 333. The van der Waals surface area contributed by atoms with Gasteiger partial charge >= 0.3 is 0 Å². The van der Waals surface area contributed by atoms with E-state index in [1.54, 1.807) is 11.8 Å². The average Bonchev–Trinajstić information content (AvgIpc) is 2.28. The highest BCUT2D eigenvalue weighted by Crippen LogP contribution is 2.31. The molecule has 0 saturated carbocycles. The summed E-state index contributed by atoms with van der Waals surface area (Å²) in [5.74, 6) is 0. The van der Waals surface area contributed by atoms with Crippen molar-refractivity contribution in [2.75, 3.05) is 13.2 Å². The fraction of sp³-hybridized carbons (Fsp3) is 0.500. The summed E-state index contributed by atoms with van der Waals surface area (Å²) in [6.45, 7) is 5.95. The molecule has 0 fully saturated rings. The normalized spacial score (nSPS) is 12.8. The minimum Gasteiger partial charge on any atom is -0.395 e. The largest absolute Gasteiger partial charge is 0.395 e. The van der Waals surface area contributed by atoms with Gasteiger partial charge in [0, 0.05) is 21.7 Å². The molecular weight excluding hydrogens is 242 g/mol. The van der Waals surface area contributed by atoms with Gasteiger partial charge in [-0.25, -0.2) is 0 Å². The van der Waals surface area contributed by atoms with Gasteiger partial charge in [-0.3, -0.25) is 0 Å². The SMILES string of the molecule is CCNCc1c(Cl)cccc1SC(C)CO. The maximum Gasteiger partial charge on any atom is 0.0550 e. The molecule has 16 heavy (non-hydrogen) atoms. The lowest BCUT2D eigenvalue weighted by molar-refractivity contribution is 0.300. The van der Waals surface area contributed by atoms with E-state index in [9.17, 15) is 0 Å². The second-order valence-electron chi connectivity index (χ2n) is 3.61. The molecule has 1 unspecified atom stereocenters. The first-order valence-corrected chi connectivity index (χ1v) is 6.70. The number of rotatable bonds is 6. The van der Waals surface area contributed by atoms with Gasteiger partial charge in [0.05, 0.1) is 6.61 Å². The zero-order valence-electron chi connectivity index (χ0n) is 9.66. The summed E-state index contributed by atoms with van der Waals surface area (Å²) in [6.07, 6.45) is 0. The monoisotopic (exact) mass is 259 g/mol. The first-order valence-electron chi connectivity index (χ1n) is 5.44. The zero-order valence-corrected chi connectivity index (χ0v) is 11.2. The van der Waals surface area contributed by atoms with Crippen LogP contribution in [0.4, 0.5) is 0 Å². The number of aliphatic hydroxyl groups excluding tert-OH is 1. The second kappa shape index (κ2) is 7.17. The van der Waals surface area contributed by atoms with Crippen molar-refractivity contribution in [3.05, 3.63) is 28.8 Å². The first-order chi connectivity index (χ1) is 7.69. The van der Waals surface area contributed by atoms with Gasteiger partial charge in [0.15, 0.2) is 0 Å². The fourth-order valence-electron chi connectivity index (χ4n) is 1.32. The van der Waals surface area contributed by atoms with E-state index in [4.69, 9.17) is 16.7 Å². The first kappa shape index (κ1) is 13.8. The second-order valence-corrected chi connectivity index (χ2v) is 5.50. The van der Waals surface area contributed by atoms with Gasteiger partial charge in [0.25, 0.3) is 0 Å². The molecule has 0 aliphatic rings. The van der Waals surface area contributed by atoms with Crippen LogP contribution in [0, 0.1) is 0 Å². The van der Waals surface area contributed by atoms with E-state index in [0.29, 0.717) is 0 Å². The highest BCUT2D eigenvalue weighted by molar-refractivity contribution is 8.00.